The zero-order chi connectivity index (χ0) is 20.4. The summed E-state index contributed by atoms with van der Waals surface area (Å²) < 4.78 is 0. The normalized spacial score (nSPS) is 23.5. The van der Waals surface area contributed by atoms with Crippen molar-refractivity contribution in [2.75, 3.05) is 0 Å². The van der Waals surface area contributed by atoms with Crippen molar-refractivity contribution in [3.63, 3.8) is 0 Å². The third-order valence-corrected chi connectivity index (χ3v) is 6.63. The van der Waals surface area contributed by atoms with Crippen molar-refractivity contribution in [1.29, 1.82) is 0 Å². The standard InChI is InChI=1S/C23H31N3O3/c1-15(17-12-11-16-7-5-6-8-18(16)13-17)24-21(27)14-20-22(28)26(23(29)25-20)19-9-3-2-4-10-19/h11-13,15,19-20H,2-10,14H2,1H3,(H,24,27)(H,25,29)/t15-,20-/m0/s1. The highest BCUT2D eigenvalue weighted by Gasteiger charge is 2.42. The van der Waals surface area contributed by atoms with Gasteiger partial charge < -0.3 is 10.6 Å². The van der Waals surface area contributed by atoms with Gasteiger partial charge in [0.2, 0.25) is 5.91 Å². The Morgan fingerprint density at radius 1 is 1.10 bits per heavy atom. The maximum atomic E-state index is 12.7. The van der Waals surface area contributed by atoms with Gasteiger partial charge >= 0.3 is 6.03 Å². The molecule has 1 aromatic rings. The molecule has 6 nitrogen and oxygen atoms in total. The summed E-state index contributed by atoms with van der Waals surface area (Å²) >= 11 is 0. The summed E-state index contributed by atoms with van der Waals surface area (Å²) in [6, 6.07) is 5.22. The van der Waals surface area contributed by atoms with Gasteiger partial charge in [-0.15, -0.1) is 0 Å². The molecular weight excluding hydrogens is 366 g/mol. The number of nitrogens with one attached hydrogen (secondary N) is 2. The van der Waals surface area contributed by atoms with Crippen molar-refractivity contribution >= 4 is 17.8 Å². The van der Waals surface area contributed by atoms with Crippen LogP contribution in [0.2, 0.25) is 0 Å². The van der Waals surface area contributed by atoms with Crippen LogP contribution in [0.4, 0.5) is 4.79 Å². The van der Waals surface area contributed by atoms with Gasteiger partial charge in [0, 0.05) is 6.04 Å². The average molecular weight is 398 g/mol. The first-order chi connectivity index (χ1) is 14.0. The van der Waals surface area contributed by atoms with E-state index >= 15 is 0 Å². The van der Waals surface area contributed by atoms with Gasteiger partial charge in [-0.25, -0.2) is 4.79 Å². The molecule has 0 bridgehead atoms. The number of fused-ring (bicyclic) bond motifs is 1. The number of nitrogens with zero attached hydrogens (tertiary/aromatic N) is 1. The van der Waals surface area contributed by atoms with E-state index in [1.54, 1.807) is 0 Å². The number of amides is 4. The van der Waals surface area contributed by atoms with Gasteiger partial charge in [0.25, 0.3) is 5.91 Å². The van der Waals surface area contributed by atoms with Gasteiger partial charge in [-0.1, -0.05) is 37.5 Å². The van der Waals surface area contributed by atoms with Crippen molar-refractivity contribution in [3.8, 4) is 0 Å². The van der Waals surface area contributed by atoms with Gasteiger partial charge in [0.1, 0.15) is 6.04 Å². The van der Waals surface area contributed by atoms with E-state index in [1.165, 1.54) is 28.9 Å². The van der Waals surface area contributed by atoms with Crippen LogP contribution in [0.5, 0.6) is 0 Å². The number of carbonyl (C=O) groups is 3. The molecule has 4 amide bonds. The number of hydrogen-bond acceptors (Lipinski definition) is 3. The Kier molecular flexibility index (Phi) is 5.88. The van der Waals surface area contributed by atoms with E-state index in [-0.39, 0.29) is 36.3 Å². The second kappa shape index (κ2) is 8.56. The molecule has 2 aliphatic carbocycles. The van der Waals surface area contributed by atoms with Crippen LogP contribution < -0.4 is 10.6 Å². The zero-order valence-electron chi connectivity index (χ0n) is 17.2. The quantitative estimate of drug-likeness (QED) is 0.748. The largest absolute Gasteiger partial charge is 0.350 e. The first-order valence-corrected chi connectivity index (χ1v) is 11.1. The Hall–Kier alpha value is -2.37. The fourth-order valence-corrected chi connectivity index (χ4v) is 4.96. The topological polar surface area (TPSA) is 78.5 Å². The molecule has 1 saturated heterocycles. The van der Waals surface area contributed by atoms with Crippen LogP contribution in [-0.4, -0.2) is 34.8 Å². The molecule has 0 radical (unpaired) electrons. The van der Waals surface area contributed by atoms with Crippen LogP contribution in [0.1, 0.15) is 81.0 Å². The third kappa shape index (κ3) is 4.31. The lowest BCUT2D eigenvalue weighted by atomic mass is 9.89. The highest BCUT2D eigenvalue weighted by molar-refractivity contribution is 6.06. The van der Waals surface area contributed by atoms with E-state index in [1.807, 2.05) is 6.92 Å². The molecule has 0 unspecified atom stereocenters. The molecule has 1 saturated carbocycles. The van der Waals surface area contributed by atoms with Crippen LogP contribution in [0, 0.1) is 0 Å². The number of carbonyl (C=O) groups excluding carboxylic acids is 3. The maximum absolute atomic E-state index is 12.7. The number of urea groups is 1. The molecule has 4 rings (SSSR count). The van der Waals surface area contributed by atoms with Crippen LogP contribution in [0.25, 0.3) is 0 Å². The molecule has 6 heteroatoms. The number of hydrogen-bond donors (Lipinski definition) is 2. The molecule has 3 aliphatic rings. The molecular formula is C23H31N3O3. The molecule has 1 heterocycles. The van der Waals surface area contributed by atoms with E-state index in [0.717, 1.165) is 50.5 Å². The van der Waals surface area contributed by atoms with E-state index in [2.05, 4.69) is 28.8 Å². The Morgan fingerprint density at radius 3 is 2.59 bits per heavy atom. The summed E-state index contributed by atoms with van der Waals surface area (Å²) in [6.45, 7) is 1.96. The Morgan fingerprint density at radius 2 is 1.83 bits per heavy atom. The van der Waals surface area contributed by atoms with E-state index in [4.69, 9.17) is 0 Å². The van der Waals surface area contributed by atoms with Gasteiger partial charge in [-0.05, 0) is 62.1 Å². The predicted molar refractivity (Wildman–Crippen MR) is 110 cm³/mol. The summed E-state index contributed by atoms with van der Waals surface area (Å²) in [7, 11) is 0. The highest BCUT2D eigenvalue weighted by Crippen LogP contribution is 2.27. The van der Waals surface area contributed by atoms with Crippen molar-refractivity contribution < 1.29 is 14.4 Å². The first-order valence-electron chi connectivity index (χ1n) is 11.1. The smallest absolute Gasteiger partial charge is 0.325 e. The second-order valence-corrected chi connectivity index (χ2v) is 8.73. The molecule has 1 aromatic carbocycles. The highest BCUT2D eigenvalue weighted by atomic mass is 16.2. The number of imide groups is 1. The van der Waals surface area contributed by atoms with Crippen LogP contribution >= 0.6 is 0 Å². The number of benzene rings is 1. The van der Waals surface area contributed by atoms with Crippen molar-refractivity contribution in [2.45, 2.75) is 89.3 Å². The molecule has 29 heavy (non-hydrogen) atoms. The molecule has 156 valence electrons. The minimum atomic E-state index is -0.750. The molecule has 2 atom stereocenters. The van der Waals surface area contributed by atoms with E-state index in [9.17, 15) is 14.4 Å². The van der Waals surface area contributed by atoms with Crippen molar-refractivity contribution in [1.82, 2.24) is 15.5 Å². The molecule has 0 spiro atoms. The molecule has 2 fully saturated rings. The minimum Gasteiger partial charge on any atom is -0.350 e. The summed E-state index contributed by atoms with van der Waals surface area (Å²) in [4.78, 5) is 39.0. The Bertz CT molecular complexity index is 801. The van der Waals surface area contributed by atoms with Crippen molar-refractivity contribution in [3.05, 3.63) is 34.9 Å². The van der Waals surface area contributed by atoms with E-state index < -0.39 is 6.04 Å². The Labute approximate surface area is 172 Å². The van der Waals surface area contributed by atoms with Crippen molar-refractivity contribution in [2.24, 2.45) is 0 Å². The summed E-state index contributed by atoms with van der Waals surface area (Å²) in [6.07, 6.45) is 9.68. The van der Waals surface area contributed by atoms with Crippen LogP contribution in [-0.2, 0) is 22.4 Å². The molecule has 0 aromatic heterocycles. The molecule has 1 aliphatic heterocycles. The van der Waals surface area contributed by atoms with E-state index in [0.29, 0.717) is 0 Å². The zero-order valence-corrected chi connectivity index (χ0v) is 17.2. The van der Waals surface area contributed by atoms with Gasteiger partial charge in [-0.3, -0.25) is 14.5 Å². The minimum absolute atomic E-state index is 0.0108. The van der Waals surface area contributed by atoms with Crippen LogP contribution in [0.15, 0.2) is 18.2 Å². The number of rotatable bonds is 5. The van der Waals surface area contributed by atoms with Gasteiger partial charge in [0.05, 0.1) is 12.5 Å². The monoisotopic (exact) mass is 397 g/mol. The SMILES string of the molecule is C[C@H](NC(=O)C[C@@H]1NC(=O)N(C2CCCCC2)C1=O)c1ccc2c(c1)CCCC2. The maximum Gasteiger partial charge on any atom is 0.325 e. The van der Waals surface area contributed by atoms with Gasteiger partial charge in [0.15, 0.2) is 0 Å². The fraction of sp³-hybridized carbons (Fsp3) is 0.609. The fourth-order valence-electron chi connectivity index (χ4n) is 4.96. The summed E-state index contributed by atoms with van der Waals surface area (Å²) in [5, 5.41) is 5.71. The lowest BCUT2D eigenvalue weighted by Gasteiger charge is -2.28. The second-order valence-electron chi connectivity index (χ2n) is 8.73. The molecule has 2 N–H and O–H groups in total. The van der Waals surface area contributed by atoms with Gasteiger partial charge in [-0.2, -0.15) is 0 Å². The average Bonchev–Trinajstić information content (AvgIpc) is 3.01. The summed E-state index contributed by atoms with van der Waals surface area (Å²) in [5.41, 5.74) is 3.89. The summed E-state index contributed by atoms with van der Waals surface area (Å²) in [5.74, 6) is -0.460. The Balaban J connectivity index is 1.34. The lowest BCUT2D eigenvalue weighted by Crippen LogP contribution is -2.42. The lowest BCUT2D eigenvalue weighted by molar-refractivity contribution is -0.132. The first kappa shape index (κ1) is 19.9. The predicted octanol–water partition coefficient (Wildman–Crippen LogP) is 3.39. The number of aryl methyl sites for hydroxylation is 2. The van der Waals surface area contributed by atoms with Crippen LogP contribution in [0.3, 0.4) is 0 Å². The third-order valence-electron chi connectivity index (χ3n) is 6.63.